The third-order valence-corrected chi connectivity index (χ3v) is 18.2. The lowest BCUT2D eigenvalue weighted by Crippen LogP contribution is -2.29. The minimum absolute atomic E-state index is 0.134. The molecule has 0 aromatic rings. The van der Waals surface area contributed by atoms with Crippen molar-refractivity contribution in [1.29, 1.82) is 0 Å². The van der Waals surface area contributed by atoms with Crippen LogP contribution in [0.15, 0.2) is 0 Å². The largest absolute Gasteiger partial charge is 0.0625 e. The normalized spacial score (nSPS) is 30.1. The van der Waals surface area contributed by atoms with Crippen molar-refractivity contribution >= 4 is 0 Å². The van der Waals surface area contributed by atoms with E-state index in [1.807, 2.05) is 0 Å². The monoisotopic (exact) mass is 942 g/mol. The van der Waals surface area contributed by atoms with Crippen molar-refractivity contribution in [3.8, 4) is 0 Å². The summed E-state index contributed by atoms with van der Waals surface area (Å²) in [7, 11) is 0. The zero-order chi connectivity index (χ0) is 54.5. The molecule has 67 heavy (non-hydrogen) atoms. The maximum absolute atomic E-state index is 8.45. The molecule has 402 valence electrons. The summed E-state index contributed by atoms with van der Waals surface area (Å²) in [5.74, 6) is 4.38. The van der Waals surface area contributed by atoms with Gasteiger partial charge in [0, 0.05) is 4.11 Å². The molecule has 0 amide bonds. The van der Waals surface area contributed by atoms with Crippen LogP contribution in [-0.4, -0.2) is 0 Å². The fraction of sp³-hybridized carbons (Fsp3) is 1.00. The summed E-state index contributed by atoms with van der Waals surface area (Å²) in [5, 5.41) is 0. The van der Waals surface area contributed by atoms with Gasteiger partial charge in [-0.05, 0) is 187 Å². The van der Waals surface area contributed by atoms with E-state index >= 15 is 0 Å². The van der Waals surface area contributed by atoms with Crippen molar-refractivity contribution in [2.24, 2.45) is 90.6 Å². The van der Waals surface area contributed by atoms with Crippen LogP contribution in [0.4, 0.5) is 0 Å². The molecule has 6 saturated carbocycles. The third-order valence-electron chi connectivity index (χ3n) is 18.2. The maximum Gasteiger partial charge on any atom is 0.0308 e. The van der Waals surface area contributed by atoms with Crippen LogP contribution in [0, 0.1) is 90.6 Å². The van der Waals surface area contributed by atoms with Crippen LogP contribution in [0.1, 0.15) is 344 Å². The summed E-state index contributed by atoms with van der Waals surface area (Å²) < 4.78 is 25.1. The van der Waals surface area contributed by atoms with Crippen LogP contribution in [0.25, 0.3) is 0 Å². The minimum atomic E-state index is -0.178. The molecule has 6 fully saturated rings. The molecule has 0 unspecified atom stereocenters. The highest BCUT2D eigenvalue weighted by Crippen LogP contribution is 2.46. The number of hydrogen-bond donors (Lipinski definition) is 0. The first kappa shape index (κ1) is 59.6. The molecule has 0 spiro atoms. The van der Waals surface area contributed by atoms with Crippen molar-refractivity contribution in [3.63, 3.8) is 0 Å². The first-order valence-corrected chi connectivity index (χ1v) is 29.9. The molecule has 0 bridgehead atoms. The molecule has 6 aliphatic carbocycles. The molecule has 0 nitrogen and oxygen atoms in total. The fourth-order valence-corrected chi connectivity index (χ4v) is 12.2. The van der Waals surface area contributed by atoms with Crippen LogP contribution >= 0.6 is 0 Å². The summed E-state index contributed by atoms with van der Waals surface area (Å²) in [5.41, 5.74) is 3.24. The van der Waals surface area contributed by atoms with Crippen LogP contribution in [-0.2, 0) is 0 Å². The molecule has 0 saturated heterocycles. The zero-order valence-electron chi connectivity index (χ0n) is 54.5. The molecular formula is C67H134. The van der Waals surface area contributed by atoms with Gasteiger partial charge in [-0.3, -0.25) is 0 Å². The summed E-state index contributed by atoms with van der Waals surface area (Å²) in [4.78, 5) is 0. The van der Waals surface area contributed by atoms with Gasteiger partial charge >= 0.3 is 0 Å². The van der Waals surface area contributed by atoms with E-state index in [1.54, 1.807) is 0 Å². The highest BCUT2D eigenvalue weighted by Gasteiger charge is 2.35. The second-order valence-electron chi connectivity index (χ2n) is 32.4. The Morgan fingerprint density at radius 1 is 0.328 bits per heavy atom. The summed E-state index contributed by atoms with van der Waals surface area (Å²) in [6, 6.07) is 0. The van der Waals surface area contributed by atoms with Crippen molar-refractivity contribution in [1.82, 2.24) is 0 Å². The van der Waals surface area contributed by atoms with Gasteiger partial charge in [0.15, 0.2) is 0 Å². The average molecular weight is 943 g/mol. The highest BCUT2D eigenvalue weighted by molar-refractivity contribution is 4.86. The smallest absolute Gasteiger partial charge is 0.0308 e. The molecule has 0 N–H and O–H groups in total. The molecule has 0 aliphatic heterocycles. The summed E-state index contributed by atoms with van der Waals surface area (Å²) in [6.45, 7) is 55.4. The predicted molar refractivity (Wildman–Crippen MR) is 308 cm³/mol. The Morgan fingerprint density at radius 2 is 0.612 bits per heavy atom. The van der Waals surface area contributed by atoms with Crippen molar-refractivity contribution < 1.29 is 4.11 Å². The topological polar surface area (TPSA) is 0 Å². The van der Waals surface area contributed by atoms with Crippen molar-refractivity contribution in [2.45, 2.75) is 340 Å². The molecule has 0 aromatic carbocycles. The summed E-state index contributed by atoms with van der Waals surface area (Å²) in [6.07, 6.45) is 35.8. The Balaban J connectivity index is 0.000000420. The van der Waals surface area contributed by atoms with E-state index in [1.165, 1.54) is 135 Å². The second kappa shape index (κ2) is 28.5. The molecule has 0 aromatic heterocycles. The van der Waals surface area contributed by atoms with Gasteiger partial charge in [0.2, 0.25) is 0 Å². The quantitative estimate of drug-likeness (QED) is 0.246. The standard InChI is InChI=1S/2C12H24.3C11H22.C10H20/c2*1-11(2,3)10-6-8-12(4,5)9-7-10;2*1-9-5-7-10(8-6-9)11(2,3)4;1-11(2,3)9-10-7-5-4-6-8-10;1-10(2,3)9-7-5-4-6-8-9/h2*10H,6-9H2,1-5H3;2*9-10H,5-8H2,1-4H3;10H,4-9H2,1-3H3;9H,4-8H2,1-3H3/i10D;;10D;;;9D. The van der Waals surface area contributed by atoms with Gasteiger partial charge in [0.25, 0.3) is 0 Å². The molecule has 0 radical (unpaired) electrons. The Hall–Kier alpha value is 0. The van der Waals surface area contributed by atoms with E-state index in [-0.39, 0.29) is 33.9 Å². The first-order chi connectivity index (χ1) is 31.4. The maximum atomic E-state index is 8.45. The van der Waals surface area contributed by atoms with E-state index < -0.39 is 0 Å². The second-order valence-corrected chi connectivity index (χ2v) is 32.4. The van der Waals surface area contributed by atoms with Crippen LogP contribution < -0.4 is 0 Å². The lowest BCUT2D eigenvalue weighted by Gasteiger charge is -2.40. The first-order valence-electron chi connectivity index (χ1n) is 31.4. The summed E-state index contributed by atoms with van der Waals surface area (Å²) >= 11 is 0. The molecular weight excluding hydrogens is 805 g/mol. The van der Waals surface area contributed by atoms with Crippen molar-refractivity contribution in [2.75, 3.05) is 0 Å². The van der Waals surface area contributed by atoms with Gasteiger partial charge in [0.05, 0.1) is 0 Å². The Kier molecular flexibility index (Phi) is 25.3. The van der Waals surface area contributed by atoms with E-state index in [4.69, 9.17) is 4.11 Å². The molecule has 0 atom stereocenters. The van der Waals surface area contributed by atoms with Gasteiger partial charge in [-0.2, -0.15) is 0 Å². The van der Waals surface area contributed by atoms with Gasteiger partial charge in [-0.15, -0.1) is 0 Å². The molecule has 6 aliphatic rings. The minimum Gasteiger partial charge on any atom is -0.0625 e. The van der Waals surface area contributed by atoms with E-state index in [2.05, 4.69) is 166 Å². The van der Waals surface area contributed by atoms with Crippen LogP contribution in [0.3, 0.4) is 0 Å². The number of rotatable bonds is 1. The Labute approximate surface area is 432 Å². The molecule has 0 heteroatoms. The van der Waals surface area contributed by atoms with Gasteiger partial charge in [0.1, 0.15) is 0 Å². The fourth-order valence-electron chi connectivity index (χ4n) is 12.2. The highest BCUT2D eigenvalue weighted by atomic mass is 14.4. The molecule has 6 rings (SSSR count). The zero-order valence-corrected chi connectivity index (χ0v) is 51.5. The number of hydrogen-bond acceptors (Lipinski definition) is 0. The van der Waals surface area contributed by atoms with Crippen LogP contribution in [0.2, 0.25) is 0 Å². The molecule has 0 heterocycles. The van der Waals surface area contributed by atoms with E-state index in [9.17, 15) is 0 Å². The lowest BCUT2D eigenvalue weighted by molar-refractivity contribution is 0.111. The van der Waals surface area contributed by atoms with Gasteiger partial charge < -0.3 is 0 Å². The average Bonchev–Trinajstić information content (AvgIpc) is 3.20. The predicted octanol–water partition coefficient (Wildman–Crippen LogP) is 23.8. The van der Waals surface area contributed by atoms with E-state index in [0.717, 1.165) is 68.1 Å². The Bertz CT molecular complexity index is 1360. The Morgan fingerprint density at radius 3 is 0.925 bits per heavy atom. The van der Waals surface area contributed by atoms with Gasteiger partial charge in [-0.25, -0.2) is 0 Å². The SMILES string of the molecule is CC(C)(C)CC1CCCCC1.CC1(C)CCC(C(C)(C)C)CC1.CC1CCC(C(C)(C)C)CC1.[2H]C1(C(C)(C)C)CCC(C)(C)CC1.[2H]C1(C(C)(C)C)CCC(C)CC1.[2H]C1(C(C)(C)C)CCCCC1. The van der Waals surface area contributed by atoms with Crippen molar-refractivity contribution in [3.05, 3.63) is 0 Å². The van der Waals surface area contributed by atoms with Gasteiger partial charge in [-0.1, -0.05) is 243 Å². The lowest BCUT2D eigenvalue weighted by atomic mass is 9.65. The van der Waals surface area contributed by atoms with E-state index in [0.29, 0.717) is 27.1 Å². The third kappa shape index (κ3) is 30.0. The van der Waals surface area contributed by atoms with Crippen LogP contribution in [0.5, 0.6) is 0 Å².